The lowest BCUT2D eigenvalue weighted by Gasteiger charge is -2.64. The molecule has 0 amide bonds. The molecular formula is C34H54O3. The Hall–Kier alpha value is -1.06. The van der Waals surface area contributed by atoms with Crippen LogP contribution in [0.25, 0.3) is 0 Å². The molecule has 1 aromatic carbocycles. The monoisotopic (exact) mass is 510 g/mol. The lowest BCUT2D eigenvalue weighted by molar-refractivity contribution is -0.203. The molecule has 3 nitrogen and oxygen atoms in total. The minimum absolute atomic E-state index is 0.169. The van der Waals surface area contributed by atoms with E-state index in [1.165, 1.54) is 31.2 Å². The summed E-state index contributed by atoms with van der Waals surface area (Å²) in [4.78, 5) is 0. The van der Waals surface area contributed by atoms with Crippen molar-refractivity contribution in [2.75, 3.05) is 6.61 Å². The number of hydrogen-bond donors (Lipinski definition) is 2. The molecule has 4 unspecified atom stereocenters. The zero-order chi connectivity index (χ0) is 26.5. The average Bonchev–Trinajstić information content (AvgIpc) is 3.22. The van der Waals surface area contributed by atoms with E-state index in [-0.39, 0.29) is 17.6 Å². The molecule has 2 N–H and O–H groups in total. The Balaban J connectivity index is 1.29. The number of ether oxygens (including phenoxy) is 1. The fraction of sp³-hybridized carbons (Fsp3) is 0.824. The maximum Gasteiger partial charge on any atom is 0.119 e. The molecule has 1 aromatic rings. The topological polar surface area (TPSA) is 49.7 Å². The molecule has 0 bridgehead atoms. The Morgan fingerprint density at radius 1 is 0.973 bits per heavy atom. The highest BCUT2D eigenvalue weighted by atomic mass is 16.5. The third-order valence-electron chi connectivity index (χ3n) is 12.8. The van der Waals surface area contributed by atoms with Crippen molar-refractivity contribution < 1.29 is 14.9 Å². The van der Waals surface area contributed by atoms with Crippen LogP contribution in [0.15, 0.2) is 24.3 Å². The zero-order valence-electron chi connectivity index (χ0n) is 24.5. The fourth-order valence-corrected chi connectivity index (χ4v) is 10.6. The summed E-state index contributed by atoms with van der Waals surface area (Å²) in [5, 5.41) is 22.5. The van der Waals surface area contributed by atoms with Crippen molar-refractivity contribution in [3.8, 4) is 5.75 Å². The lowest BCUT2D eigenvalue weighted by Crippen LogP contribution is -2.62. The second-order valence-corrected chi connectivity index (χ2v) is 14.4. The van der Waals surface area contributed by atoms with E-state index in [0.29, 0.717) is 46.8 Å². The highest BCUT2D eigenvalue weighted by Gasteiger charge is 2.65. The summed E-state index contributed by atoms with van der Waals surface area (Å²) in [5.41, 5.74) is 1.87. The summed E-state index contributed by atoms with van der Waals surface area (Å²) in [6, 6.07) is 8.40. The van der Waals surface area contributed by atoms with Crippen LogP contribution in [0.5, 0.6) is 5.75 Å². The SMILES string of the molecule is CC[C@H]1[C@@H](O)C2C3CC[C@H]([C@H](C)C(C)CCOc4cccc(C)c4)[C@@]3(C)CCC2[C@@]2(C)CC[C@@H](O)C[C@@H]12. The van der Waals surface area contributed by atoms with E-state index in [1.807, 2.05) is 0 Å². The van der Waals surface area contributed by atoms with Crippen LogP contribution in [-0.4, -0.2) is 29.0 Å². The Morgan fingerprint density at radius 2 is 1.70 bits per heavy atom. The van der Waals surface area contributed by atoms with E-state index in [9.17, 15) is 10.2 Å². The number of rotatable bonds is 7. The summed E-state index contributed by atoms with van der Waals surface area (Å²) >= 11 is 0. The number of aryl methyl sites for hydroxylation is 1. The van der Waals surface area contributed by atoms with Gasteiger partial charge in [-0.3, -0.25) is 0 Å². The summed E-state index contributed by atoms with van der Waals surface area (Å²) in [5.74, 6) is 5.55. The number of hydrogen-bond acceptors (Lipinski definition) is 3. The van der Waals surface area contributed by atoms with Crippen molar-refractivity contribution in [3.63, 3.8) is 0 Å². The highest BCUT2D eigenvalue weighted by Crippen LogP contribution is 2.69. The van der Waals surface area contributed by atoms with Crippen LogP contribution in [0.3, 0.4) is 0 Å². The predicted octanol–water partition coefficient (Wildman–Crippen LogP) is 7.66. The van der Waals surface area contributed by atoms with Gasteiger partial charge < -0.3 is 14.9 Å². The standard InChI is InChI=1S/C34H54O3/c1-7-26-30-20-24(35)13-16-34(30,6)29-14-17-33(5)27(11-12-28(33)31(29)32(26)36)23(4)22(3)15-18-37-25-10-8-9-21(2)19-25/h8-10,19,22-24,26-32,35-36H,7,11-18,20H2,1-6H3/t22?,23-,24-,26-,27-,28?,29?,30+,31?,32-,33-,34-/m1/s1. The molecule has 0 saturated heterocycles. The molecule has 0 heterocycles. The van der Waals surface area contributed by atoms with Crippen molar-refractivity contribution >= 4 is 0 Å². The highest BCUT2D eigenvalue weighted by molar-refractivity contribution is 5.27. The van der Waals surface area contributed by atoms with E-state index in [2.05, 4.69) is 65.8 Å². The minimum atomic E-state index is -0.197. The van der Waals surface area contributed by atoms with Crippen molar-refractivity contribution in [2.45, 2.75) is 112 Å². The van der Waals surface area contributed by atoms with E-state index in [4.69, 9.17) is 4.74 Å². The van der Waals surface area contributed by atoms with Gasteiger partial charge in [0.15, 0.2) is 0 Å². The summed E-state index contributed by atoms with van der Waals surface area (Å²) in [6.45, 7) is 15.3. The lowest BCUT2D eigenvalue weighted by atomic mass is 9.41. The molecule has 4 aliphatic carbocycles. The number of fused-ring (bicyclic) bond motifs is 5. The third kappa shape index (κ3) is 4.69. The molecular weight excluding hydrogens is 456 g/mol. The van der Waals surface area contributed by atoms with Crippen LogP contribution < -0.4 is 4.74 Å². The normalized spacial score (nSPS) is 44.9. The average molecular weight is 511 g/mol. The second kappa shape index (κ2) is 10.5. The van der Waals surface area contributed by atoms with Gasteiger partial charge in [0.1, 0.15) is 5.75 Å². The molecule has 4 fully saturated rings. The van der Waals surface area contributed by atoms with Crippen LogP contribution in [0.2, 0.25) is 0 Å². The Bertz CT molecular complexity index is 929. The fourth-order valence-electron chi connectivity index (χ4n) is 10.6. The molecule has 0 aromatic heterocycles. The van der Waals surface area contributed by atoms with E-state index < -0.39 is 0 Å². The Kier molecular flexibility index (Phi) is 7.80. The van der Waals surface area contributed by atoms with Gasteiger partial charge in [0, 0.05) is 0 Å². The largest absolute Gasteiger partial charge is 0.494 e. The van der Waals surface area contributed by atoms with Gasteiger partial charge in [-0.15, -0.1) is 0 Å². The third-order valence-corrected chi connectivity index (χ3v) is 12.8. The molecule has 208 valence electrons. The summed E-state index contributed by atoms with van der Waals surface area (Å²) in [6.07, 6.45) is 9.95. The van der Waals surface area contributed by atoms with Crippen LogP contribution in [0.1, 0.15) is 98.0 Å². The minimum Gasteiger partial charge on any atom is -0.494 e. The number of aliphatic hydroxyl groups is 2. The number of benzene rings is 1. The van der Waals surface area contributed by atoms with Crippen LogP contribution >= 0.6 is 0 Å². The van der Waals surface area contributed by atoms with Crippen LogP contribution in [-0.2, 0) is 0 Å². The molecule has 4 saturated carbocycles. The first-order valence-electron chi connectivity index (χ1n) is 15.7. The molecule has 3 heteroatoms. The predicted molar refractivity (Wildman–Crippen MR) is 151 cm³/mol. The molecule has 12 atom stereocenters. The van der Waals surface area contributed by atoms with Gasteiger partial charge in [-0.1, -0.05) is 53.2 Å². The molecule has 4 aliphatic rings. The van der Waals surface area contributed by atoms with Gasteiger partial charge >= 0.3 is 0 Å². The maximum absolute atomic E-state index is 11.9. The van der Waals surface area contributed by atoms with Gasteiger partial charge in [0.2, 0.25) is 0 Å². The smallest absolute Gasteiger partial charge is 0.119 e. The zero-order valence-corrected chi connectivity index (χ0v) is 24.5. The van der Waals surface area contributed by atoms with Crippen molar-refractivity contribution in [3.05, 3.63) is 29.8 Å². The van der Waals surface area contributed by atoms with Gasteiger partial charge in [-0.05, 0) is 134 Å². The first-order chi connectivity index (χ1) is 17.6. The van der Waals surface area contributed by atoms with Crippen molar-refractivity contribution in [2.24, 2.45) is 58.2 Å². The van der Waals surface area contributed by atoms with E-state index in [0.717, 1.165) is 50.4 Å². The molecule has 37 heavy (non-hydrogen) atoms. The van der Waals surface area contributed by atoms with Gasteiger partial charge in [-0.25, -0.2) is 0 Å². The first kappa shape index (κ1) is 27.5. The summed E-state index contributed by atoms with van der Waals surface area (Å²) in [7, 11) is 0. The molecule has 0 spiro atoms. The number of aliphatic hydroxyl groups excluding tert-OH is 2. The van der Waals surface area contributed by atoms with Gasteiger partial charge in [-0.2, -0.15) is 0 Å². The van der Waals surface area contributed by atoms with E-state index in [1.54, 1.807) is 0 Å². The Labute approximate surface area is 226 Å². The summed E-state index contributed by atoms with van der Waals surface area (Å²) < 4.78 is 6.13. The first-order valence-corrected chi connectivity index (χ1v) is 15.7. The van der Waals surface area contributed by atoms with E-state index >= 15 is 0 Å². The Morgan fingerprint density at radius 3 is 2.43 bits per heavy atom. The van der Waals surface area contributed by atoms with Crippen LogP contribution in [0.4, 0.5) is 0 Å². The van der Waals surface area contributed by atoms with Gasteiger partial charge in [0.25, 0.3) is 0 Å². The van der Waals surface area contributed by atoms with Crippen LogP contribution in [0, 0.1) is 65.1 Å². The molecule has 5 rings (SSSR count). The van der Waals surface area contributed by atoms with Crippen molar-refractivity contribution in [1.29, 1.82) is 0 Å². The quantitative estimate of drug-likeness (QED) is 0.396. The van der Waals surface area contributed by atoms with Crippen molar-refractivity contribution in [1.82, 2.24) is 0 Å². The molecule has 0 radical (unpaired) electrons. The van der Waals surface area contributed by atoms with Gasteiger partial charge in [0.05, 0.1) is 18.8 Å². The molecule has 0 aliphatic heterocycles. The maximum atomic E-state index is 11.9. The second-order valence-electron chi connectivity index (χ2n) is 14.4.